The summed E-state index contributed by atoms with van der Waals surface area (Å²) in [5.74, 6) is 0.822. The van der Waals surface area contributed by atoms with Crippen LogP contribution < -0.4 is 4.74 Å². The third-order valence-electron chi connectivity index (χ3n) is 1.89. The number of nitrogens with zero attached hydrogens (tertiary/aromatic N) is 1. The Labute approximate surface area is 93.2 Å². The van der Waals surface area contributed by atoms with Crippen molar-refractivity contribution < 1.29 is 13.5 Å². The summed E-state index contributed by atoms with van der Waals surface area (Å²) in [6.07, 6.45) is 0. The molecule has 1 aromatic heterocycles. The predicted molar refractivity (Wildman–Crippen MR) is 60.6 cm³/mol. The molecule has 4 nitrogen and oxygen atoms in total. The number of hydrogen-bond acceptors (Lipinski definition) is 4. The zero-order valence-corrected chi connectivity index (χ0v) is 9.60. The van der Waals surface area contributed by atoms with Crippen molar-refractivity contribution in [2.45, 2.75) is 5.75 Å². The molecule has 0 bridgehead atoms. The Morgan fingerprint density at radius 1 is 1.60 bits per heavy atom. The van der Waals surface area contributed by atoms with E-state index in [1.54, 1.807) is 7.11 Å². The van der Waals surface area contributed by atoms with Crippen molar-refractivity contribution in [1.29, 1.82) is 0 Å². The van der Waals surface area contributed by atoms with Crippen molar-refractivity contribution in [2.75, 3.05) is 7.11 Å². The topological polar surface area (TPSA) is 59.4 Å². The lowest BCUT2D eigenvalue weighted by Crippen LogP contribution is -1.90. The molecule has 0 aliphatic rings. The quantitative estimate of drug-likeness (QED) is 0.838. The van der Waals surface area contributed by atoms with Gasteiger partial charge in [0.25, 0.3) is 0 Å². The van der Waals surface area contributed by atoms with E-state index in [0.717, 1.165) is 16.0 Å². The SMILES string of the molecule is COc1cccc2nc(CS(=O)O)sc12. The first-order chi connectivity index (χ1) is 7.20. The molecular weight excluding hydrogens is 234 g/mol. The number of ether oxygens (including phenoxy) is 1. The molecular formula is C9H9NO3S2. The first-order valence-electron chi connectivity index (χ1n) is 4.20. The maximum atomic E-state index is 10.6. The number of benzene rings is 1. The average Bonchev–Trinajstić information content (AvgIpc) is 2.58. The molecule has 0 fully saturated rings. The van der Waals surface area contributed by atoms with Crippen molar-refractivity contribution in [3.63, 3.8) is 0 Å². The van der Waals surface area contributed by atoms with Gasteiger partial charge in [-0.25, -0.2) is 9.19 Å². The summed E-state index contributed by atoms with van der Waals surface area (Å²) in [7, 11) is 1.60. The Balaban J connectivity index is 2.50. The highest BCUT2D eigenvalue weighted by Gasteiger charge is 2.09. The van der Waals surface area contributed by atoms with Crippen LogP contribution in [-0.2, 0) is 16.8 Å². The minimum atomic E-state index is -1.84. The number of aromatic nitrogens is 1. The average molecular weight is 243 g/mol. The Morgan fingerprint density at radius 2 is 2.40 bits per heavy atom. The van der Waals surface area contributed by atoms with Gasteiger partial charge in [0.05, 0.1) is 17.3 Å². The summed E-state index contributed by atoms with van der Waals surface area (Å²) in [4.78, 5) is 4.25. The van der Waals surface area contributed by atoms with E-state index in [0.29, 0.717) is 5.01 Å². The summed E-state index contributed by atoms with van der Waals surface area (Å²) in [5.41, 5.74) is 0.805. The molecule has 2 rings (SSSR count). The van der Waals surface area contributed by atoms with E-state index in [1.807, 2.05) is 18.2 Å². The largest absolute Gasteiger partial charge is 0.495 e. The fourth-order valence-electron chi connectivity index (χ4n) is 1.30. The van der Waals surface area contributed by atoms with Gasteiger partial charge >= 0.3 is 0 Å². The van der Waals surface area contributed by atoms with Gasteiger partial charge in [0.1, 0.15) is 16.5 Å². The second-order valence-corrected chi connectivity index (χ2v) is 4.90. The van der Waals surface area contributed by atoms with E-state index in [4.69, 9.17) is 9.29 Å². The van der Waals surface area contributed by atoms with E-state index in [9.17, 15) is 4.21 Å². The van der Waals surface area contributed by atoms with Gasteiger partial charge in [-0.1, -0.05) is 6.07 Å². The van der Waals surface area contributed by atoms with Crippen LogP contribution >= 0.6 is 11.3 Å². The zero-order valence-electron chi connectivity index (χ0n) is 7.97. The molecule has 1 aromatic carbocycles. The first-order valence-corrected chi connectivity index (χ1v) is 6.30. The molecule has 6 heteroatoms. The Kier molecular flexibility index (Phi) is 2.99. The smallest absolute Gasteiger partial charge is 0.159 e. The van der Waals surface area contributed by atoms with Crippen LogP contribution in [0.15, 0.2) is 18.2 Å². The maximum Gasteiger partial charge on any atom is 0.159 e. The van der Waals surface area contributed by atoms with E-state index in [-0.39, 0.29) is 5.75 Å². The number of hydrogen-bond donors (Lipinski definition) is 1. The minimum Gasteiger partial charge on any atom is -0.495 e. The summed E-state index contributed by atoms with van der Waals surface area (Å²) in [6, 6.07) is 5.55. The normalized spacial score (nSPS) is 12.9. The third kappa shape index (κ3) is 2.17. The molecule has 1 heterocycles. The maximum absolute atomic E-state index is 10.6. The van der Waals surface area contributed by atoms with Crippen LogP contribution in [0.5, 0.6) is 5.75 Å². The first kappa shape index (κ1) is 10.5. The van der Waals surface area contributed by atoms with Crippen LogP contribution in [0.2, 0.25) is 0 Å². The van der Waals surface area contributed by atoms with Crippen molar-refractivity contribution in [2.24, 2.45) is 0 Å². The van der Waals surface area contributed by atoms with Crippen molar-refractivity contribution in [3.8, 4) is 5.75 Å². The van der Waals surface area contributed by atoms with Gasteiger partial charge in [0.15, 0.2) is 11.1 Å². The molecule has 0 amide bonds. The summed E-state index contributed by atoms with van der Waals surface area (Å²) in [6.45, 7) is 0. The van der Waals surface area contributed by atoms with Gasteiger partial charge in [-0.15, -0.1) is 11.3 Å². The van der Waals surface area contributed by atoms with Crippen LogP contribution in [-0.4, -0.2) is 20.9 Å². The van der Waals surface area contributed by atoms with Gasteiger partial charge in [-0.2, -0.15) is 0 Å². The fraction of sp³-hybridized carbons (Fsp3) is 0.222. The fourth-order valence-corrected chi connectivity index (χ4v) is 2.96. The van der Waals surface area contributed by atoms with Gasteiger partial charge in [0.2, 0.25) is 0 Å². The molecule has 0 aliphatic carbocycles. The van der Waals surface area contributed by atoms with Gasteiger partial charge in [-0.3, -0.25) is 0 Å². The number of thiazole rings is 1. The van der Waals surface area contributed by atoms with Crippen LogP contribution in [0.1, 0.15) is 5.01 Å². The number of rotatable bonds is 3. The van der Waals surface area contributed by atoms with E-state index >= 15 is 0 Å². The van der Waals surface area contributed by atoms with Crippen LogP contribution in [0.3, 0.4) is 0 Å². The summed E-state index contributed by atoms with van der Waals surface area (Å²) < 4.78 is 25.5. The Bertz CT molecular complexity index is 509. The zero-order chi connectivity index (χ0) is 10.8. The molecule has 1 unspecified atom stereocenters. The molecule has 2 aromatic rings. The van der Waals surface area contributed by atoms with Crippen molar-refractivity contribution >= 4 is 32.6 Å². The van der Waals surface area contributed by atoms with E-state index in [1.165, 1.54) is 11.3 Å². The molecule has 1 N–H and O–H groups in total. The lowest BCUT2D eigenvalue weighted by Gasteiger charge is -1.97. The molecule has 1 atom stereocenters. The molecule has 0 aliphatic heterocycles. The lowest BCUT2D eigenvalue weighted by molar-refractivity contribution is 0.420. The lowest BCUT2D eigenvalue weighted by atomic mass is 10.3. The standard InChI is InChI=1S/C9H9NO3S2/c1-13-7-4-2-3-6-9(7)14-8(10-6)5-15(11)12/h2-4H,5H2,1H3,(H,11,12). The van der Waals surface area contributed by atoms with Gasteiger partial charge < -0.3 is 9.29 Å². The van der Waals surface area contributed by atoms with Crippen LogP contribution in [0.4, 0.5) is 0 Å². The monoisotopic (exact) mass is 243 g/mol. The predicted octanol–water partition coefficient (Wildman–Crippen LogP) is 2.03. The third-order valence-corrected chi connectivity index (χ3v) is 3.68. The van der Waals surface area contributed by atoms with E-state index < -0.39 is 11.1 Å². The number of methoxy groups -OCH3 is 1. The minimum absolute atomic E-state index is 0.0719. The van der Waals surface area contributed by atoms with Gasteiger partial charge in [0, 0.05) is 0 Å². The molecule has 0 saturated carbocycles. The van der Waals surface area contributed by atoms with Crippen LogP contribution in [0.25, 0.3) is 10.2 Å². The molecule has 0 radical (unpaired) electrons. The molecule has 0 spiro atoms. The van der Waals surface area contributed by atoms with Gasteiger partial charge in [-0.05, 0) is 12.1 Å². The van der Waals surface area contributed by atoms with Crippen LogP contribution in [0, 0.1) is 0 Å². The molecule has 80 valence electrons. The highest BCUT2D eigenvalue weighted by Crippen LogP contribution is 2.31. The van der Waals surface area contributed by atoms with E-state index in [2.05, 4.69) is 4.98 Å². The number of fused-ring (bicyclic) bond motifs is 1. The highest BCUT2D eigenvalue weighted by atomic mass is 32.2. The summed E-state index contributed by atoms with van der Waals surface area (Å²) >= 11 is -0.457. The van der Waals surface area contributed by atoms with Crippen molar-refractivity contribution in [1.82, 2.24) is 4.98 Å². The molecule has 0 saturated heterocycles. The highest BCUT2D eigenvalue weighted by molar-refractivity contribution is 7.78. The second-order valence-electron chi connectivity index (χ2n) is 2.88. The molecule has 15 heavy (non-hydrogen) atoms. The second kappa shape index (κ2) is 4.26. The Hall–Kier alpha value is -0.980. The Morgan fingerprint density at radius 3 is 3.07 bits per heavy atom. The van der Waals surface area contributed by atoms with Crippen molar-refractivity contribution in [3.05, 3.63) is 23.2 Å². The summed E-state index contributed by atoms with van der Waals surface area (Å²) in [5, 5.41) is 0.648.